The number of likely N-dealkylation sites (tertiary alicyclic amines) is 1. The molecule has 3 aromatic rings. The van der Waals surface area contributed by atoms with Gasteiger partial charge in [-0.05, 0) is 54.9 Å². The Morgan fingerprint density at radius 2 is 1.11 bits per heavy atom. The number of non-ortho nitro benzene ring substituents is 1. The minimum absolute atomic E-state index is 0.0137. The minimum atomic E-state index is -2.18. The lowest BCUT2D eigenvalue weighted by molar-refractivity contribution is -0.384. The molecule has 40 nitrogen and oxygen atoms in total. The van der Waals surface area contributed by atoms with E-state index in [9.17, 15) is 124 Å². The zero-order chi connectivity index (χ0) is 77.7. The van der Waals surface area contributed by atoms with Gasteiger partial charge in [0.05, 0.1) is 43.0 Å². The van der Waals surface area contributed by atoms with Gasteiger partial charge in [-0.2, -0.15) is 0 Å². The van der Waals surface area contributed by atoms with E-state index in [0.29, 0.717) is 5.56 Å². The van der Waals surface area contributed by atoms with Crippen LogP contribution in [0.3, 0.4) is 0 Å². The van der Waals surface area contributed by atoms with Crippen molar-refractivity contribution < 1.29 is 138 Å². The van der Waals surface area contributed by atoms with Crippen LogP contribution in [0, 0.1) is 16.0 Å². The first-order valence-corrected chi connectivity index (χ1v) is 32.9. The van der Waals surface area contributed by atoms with E-state index in [1.807, 2.05) is 5.32 Å². The summed E-state index contributed by atoms with van der Waals surface area (Å²) in [5.74, 6) is -18.1. The molecule has 3 aliphatic rings. The van der Waals surface area contributed by atoms with Gasteiger partial charge in [-0.15, -0.1) is 0 Å². The maximum absolute atomic E-state index is 15.2. The third-order valence-corrected chi connectivity index (χ3v) is 17.1. The molecule has 3 saturated heterocycles. The lowest BCUT2D eigenvalue weighted by Gasteiger charge is -2.46. The first kappa shape index (κ1) is 83.5. The van der Waals surface area contributed by atoms with Crippen molar-refractivity contribution in [2.45, 2.75) is 188 Å². The second-order valence-corrected chi connectivity index (χ2v) is 25.4. The highest BCUT2D eigenvalue weighted by Crippen LogP contribution is 2.30. The Morgan fingerprint density at radius 1 is 0.581 bits per heavy atom. The number of nitrogens with zero attached hydrogens (tertiary/aromatic N) is 2. The lowest BCUT2D eigenvalue weighted by atomic mass is 9.96. The minimum Gasteiger partial charge on any atom is -0.481 e. The number of rotatable bonds is 37. The van der Waals surface area contributed by atoms with Crippen LogP contribution in [0.25, 0.3) is 0 Å². The van der Waals surface area contributed by atoms with Gasteiger partial charge in [0.25, 0.3) is 11.6 Å². The van der Waals surface area contributed by atoms with Crippen molar-refractivity contribution in [3.05, 3.63) is 106 Å². The Labute approximate surface area is 596 Å². The Morgan fingerprint density at radius 3 is 1.70 bits per heavy atom. The molecule has 3 aromatic carbocycles. The van der Waals surface area contributed by atoms with Crippen molar-refractivity contribution in [1.82, 2.24) is 47.4 Å². The fraction of sp³-hybridized carbons (Fsp3) is 0.523. The number of hydrogen-bond donors (Lipinski definition) is 20. The van der Waals surface area contributed by atoms with Gasteiger partial charge in [0, 0.05) is 43.6 Å². The number of hydrogen-bond acceptors (Lipinski definition) is 26. The molecule has 0 spiro atoms. The summed E-state index contributed by atoms with van der Waals surface area (Å²) >= 11 is 0. The van der Waals surface area contributed by atoms with E-state index in [2.05, 4.69) is 37.2 Å². The van der Waals surface area contributed by atoms with Crippen LogP contribution in [0.5, 0.6) is 0 Å². The number of benzene rings is 3. The first-order valence-electron chi connectivity index (χ1n) is 32.9. The van der Waals surface area contributed by atoms with Gasteiger partial charge in [-0.25, -0.2) is 4.79 Å². The standard InChI is InChI=1S/C65H85N11O29/c1-29(2)21-36(57(93)70-39(25-47(82)83)60(96)67-35(18-19-46(80)81)56(92)69-38(23-31-14-16-32(17-15-31)76(101)102)59(95)73-41(64(99)100)26-48(84)85)71-61(97)42-13-8-20-75(42)63(98)40(72-58(94)37(22-30-9-4-3-5-10-30)68-55(91)33-11-6-7-12-34(33)66)24-45(79)74-62-52(89)51(88)54(44(28-78)103-62)105-65-53(90)50(87)49(86)43(27-77)104-65/h3-7,9-12,14-17,29,35-44,49-54,62,65,77-78,86-90H,8,13,18-28,66H2,1-2H3,(H,67,96)(H,68,91)(H,69,92)(H,70,93)(H,71,97)(H,72,94)(H,73,95)(H,74,79)(H,80,81)(H,82,83)(H,84,85)(H,99,100)/t35-,36-,37-,38-,39-,40-,41-,42-,43+,44+,49-,50-,51+,52+,53+,54+,62+,65-/m0/s1. The number of nitrogen functional groups attached to an aromatic ring is 1. The molecule has 0 bridgehead atoms. The molecular formula is C65H85N11O29. The number of aliphatic carboxylic acids is 4. The maximum atomic E-state index is 15.2. The first-order chi connectivity index (χ1) is 49.6. The highest BCUT2D eigenvalue weighted by atomic mass is 16.7. The molecule has 105 heavy (non-hydrogen) atoms. The molecule has 3 fully saturated rings. The number of para-hydroxylation sites is 1. The fourth-order valence-electron chi connectivity index (χ4n) is 11.6. The molecule has 0 aromatic heterocycles. The van der Waals surface area contributed by atoms with Crippen LogP contribution in [0.2, 0.25) is 0 Å². The van der Waals surface area contributed by atoms with Crippen LogP contribution in [-0.2, 0) is 84.6 Å². The Kier molecular flexibility index (Phi) is 30.9. The monoisotopic (exact) mass is 1480 g/mol. The van der Waals surface area contributed by atoms with Crippen molar-refractivity contribution in [1.29, 1.82) is 0 Å². The van der Waals surface area contributed by atoms with Crippen LogP contribution in [0.1, 0.15) is 86.7 Å². The average molecular weight is 1480 g/mol. The number of aliphatic hydroxyl groups excluding tert-OH is 7. The number of amides is 9. The maximum Gasteiger partial charge on any atom is 0.326 e. The molecule has 0 unspecified atom stereocenters. The predicted octanol–water partition coefficient (Wildman–Crippen LogP) is -6.26. The molecule has 21 N–H and O–H groups in total. The number of nitrogens with two attached hydrogens (primary N) is 1. The molecule has 40 heteroatoms. The molecule has 3 heterocycles. The number of carbonyl (C=O) groups is 13. The highest BCUT2D eigenvalue weighted by molar-refractivity contribution is 6.03. The third-order valence-electron chi connectivity index (χ3n) is 17.1. The number of ether oxygens (including phenoxy) is 3. The van der Waals surface area contributed by atoms with Crippen LogP contribution >= 0.6 is 0 Å². The van der Waals surface area contributed by atoms with Crippen LogP contribution in [0.4, 0.5) is 11.4 Å². The van der Waals surface area contributed by atoms with Crippen LogP contribution in [0.15, 0.2) is 78.9 Å². The van der Waals surface area contributed by atoms with Crippen LogP contribution < -0.4 is 48.3 Å². The van der Waals surface area contributed by atoms with Gasteiger partial charge < -0.3 is 124 Å². The number of aliphatic hydroxyl groups is 7. The van der Waals surface area contributed by atoms with E-state index in [0.717, 1.165) is 29.2 Å². The predicted molar refractivity (Wildman–Crippen MR) is 353 cm³/mol. The van der Waals surface area contributed by atoms with E-state index in [1.165, 1.54) is 18.2 Å². The fourth-order valence-corrected chi connectivity index (χ4v) is 11.6. The van der Waals surface area contributed by atoms with Crippen molar-refractivity contribution in [2.75, 3.05) is 25.5 Å². The van der Waals surface area contributed by atoms with Gasteiger partial charge in [-0.1, -0.05) is 68.4 Å². The highest BCUT2D eigenvalue weighted by Gasteiger charge is 2.51. The molecule has 6 rings (SSSR count). The largest absolute Gasteiger partial charge is 0.481 e. The molecule has 18 atom stereocenters. The zero-order valence-corrected chi connectivity index (χ0v) is 56.4. The van der Waals surface area contributed by atoms with Gasteiger partial charge in [0.2, 0.25) is 47.3 Å². The number of carboxylic acids is 4. The SMILES string of the molecule is CC(C)C[C@H](NC(=O)[C@@H]1CCCN1C(=O)[C@H](CC(=O)N[C@@H]1O[C@H](CO)[C@@H](O[C@@H]2O[C@H](CO)[C@H](O)[C@H](O)[C@H]2O)[C@H](O)[C@H]1O)NC(=O)[C@H](Cc1ccccc1)NC(=O)c1ccccc1N)C(=O)N[C@@H](CC(=O)O)C(=O)N[C@@H](CCC(=O)O)C(=O)N[C@@H](Cc1ccc([N+](=O)[O-])cc1)C(=O)N[C@@H](CC(=O)O)C(=O)O. The molecule has 0 radical (unpaired) electrons. The van der Waals surface area contributed by atoms with Gasteiger partial charge >= 0.3 is 23.9 Å². The molecule has 574 valence electrons. The van der Waals surface area contributed by atoms with Crippen LogP contribution in [-0.4, -0.2) is 272 Å². The summed E-state index contributed by atoms with van der Waals surface area (Å²) in [5.41, 5.74) is 6.22. The Balaban J connectivity index is 1.26. The molecule has 0 saturated carbocycles. The Hall–Kier alpha value is -10.4. The summed E-state index contributed by atoms with van der Waals surface area (Å²) in [7, 11) is 0. The van der Waals surface area contributed by atoms with E-state index in [-0.39, 0.29) is 49.0 Å². The smallest absolute Gasteiger partial charge is 0.326 e. The summed E-state index contributed by atoms with van der Waals surface area (Å²) < 4.78 is 16.7. The third kappa shape index (κ3) is 23.8. The lowest BCUT2D eigenvalue weighted by Crippen LogP contribution is -2.66. The Bertz CT molecular complexity index is 3610. The van der Waals surface area contributed by atoms with Gasteiger partial charge in [-0.3, -0.25) is 67.6 Å². The molecule has 0 aliphatic carbocycles. The van der Waals surface area contributed by atoms with E-state index in [4.69, 9.17) is 19.9 Å². The van der Waals surface area contributed by atoms with Crippen molar-refractivity contribution in [3.63, 3.8) is 0 Å². The van der Waals surface area contributed by atoms with Crippen molar-refractivity contribution in [3.8, 4) is 0 Å². The molecule has 9 amide bonds. The summed E-state index contributed by atoms with van der Waals surface area (Å²) in [6, 6.07) is 3.28. The van der Waals surface area contributed by atoms with E-state index < -0.39 is 255 Å². The summed E-state index contributed by atoms with van der Waals surface area (Å²) in [6.45, 7) is 0.988. The number of carbonyl (C=O) groups excluding carboxylic acids is 9. The summed E-state index contributed by atoms with van der Waals surface area (Å²) in [6.07, 6.45) is -25.5. The van der Waals surface area contributed by atoms with Gasteiger partial charge in [0.1, 0.15) is 97.2 Å². The van der Waals surface area contributed by atoms with E-state index in [1.54, 1.807) is 50.2 Å². The molecule has 3 aliphatic heterocycles. The van der Waals surface area contributed by atoms with Crippen molar-refractivity contribution in [2.24, 2.45) is 5.92 Å². The second kappa shape index (κ2) is 38.9. The number of nitrogens with one attached hydrogen (secondary N) is 8. The molecular weight excluding hydrogens is 1400 g/mol. The second-order valence-electron chi connectivity index (χ2n) is 25.4. The summed E-state index contributed by atoms with van der Waals surface area (Å²) in [4.78, 5) is 188. The normalized spacial score (nSPS) is 23.4. The topological polar surface area (TPSA) is 641 Å². The number of nitro groups is 1. The quantitative estimate of drug-likeness (QED) is 0.0145. The van der Waals surface area contributed by atoms with Gasteiger partial charge in [0.15, 0.2) is 12.5 Å². The van der Waals surface area contributed by atoms with E-state index >= 15 is 4.79 Å². The van der Waals surface area contributed by atoms with Crippen molar-refractivity contribution >= 4 is 88.4 Å². The number of carboxylic acid groups (broad SMARTS) is 4. The average Bonchev–Trinajstić information content (AvgIpc) is 1.31. The number of anilines is 1. The summed E-state index contributed by atoms with van der Waals surface area (Å²) in [5, 5.41) is 142. The zero-order valence-electron chi connectivity index (χ0n) is 56.4. The number of nitro benzene ring substituents is 1.